The molecule has 0 bridgehead atoms. The van der Waals surface area contributed by atoms with E-state index in [9.17, 15) is 0 Å². The summed E-state index contributed by atoms with van der Waals surface area (Å²) in [4.78, 5) is 14.8. The van der Waals surface area contributed by atoms with Crippen molar-refractivity contribution in [3.8, 4) is 61.8 Å². The number of pyridine rings is 3. The van der Waals surface area contributed by atoms with E-state index >= 15 is 0 Å². The Kier molecular flexibility index (Phi) is 7.10. The molecule has 0 spiro atoms. The molecule has 4 heterocycles. The van der Waals surface area contributed by atoms with Gasteiger partial charge >= 0.3 is 0 Å². The Labute approximate surface area is 284 Å². The molecule has 4 heteroatoms. The number of aromatic nitrogens is 4. The Morgan fingerprint density at radius 3 is 1.73 bits per heavy atom. The van der Waals surface area contributed by atoms with Crippen molar-refractivity contribution in [2.75, 3.05) is 0 Å². The number of hydrogen-bond donors (Lipinski definition) is 0. The summed E-state index contributed by atoms with van der Waals surface area (Å²) in [7, 11) is 0. The third kappa shape index (κ3) is 5.26. The van der Waals surface area contributed by atoms with Crippen LogP contribution in [0.1, 0.15) is 0 Å². The zero-order chi connectivity index (χ0) is 32.6. The van der Waals surface area contributed by atoms with E-state index in [4.69, 9.17) is 9.97 Å². The van der Waals surface area contributed by atoms with Gasteiger partial charge < -0.3 is 0 Å². The van der Waals surface area contributed by atoms with Crippen LogP contribution in [0.15, 0.2) is 182 Å². The van der Waals surface area contributed by atoms with E-state index in [0.29, 0.717) is 0 Å². The topological polar surface area (TPSA) is 43.6 Å². The number of benzene rings is 5. The van der Waals surface area contributed by atoms with Crippen LogP contribution in [-0.4, -0.2) is 19.5 Å². The molecule has 5 aromatic carbocycles. The highest BCUT2D eigenvalue weighted by atomic mass is 15.1. The van der Waals surface area contributed by atoms with Gasteiger partial charge in [0, 0.05) is 34.3 Å². The first kappa shape index (κ1) is 28.6. The molecule has 0 aliphatic carbocycles. The standard InChI is InChI=1S/C45H30N4/c1-4-14-31(15-5-1)35-26-38(33-18-8-3-9-19-33)45-39(27-35)37-21-10-11-24-43(37)49(45)44-29-36(32-16-6-2-7-17-32)28-42(48-44)41-23-12-22-40(47-41)34-20-13-25-46-30-34/h1-30H. The van der Waals surface area contributed by atoms with Gasteiger partial charge in [0.05, 0.1) is 28.1 Å². The van der Waals surface area contributed by atoms with Crippen LogP contribution >= 0.6 is 0 Å². The van der Waals surface area contributed by atoms with Crippen LogP contribution in [0.25, 0.3) is 83.6 Å². The number of rotatable bonds is 6. The smallest absolute Gasteiger partial charge is 0.139 e. The predicted octanol–water partition coefficient (Wildman–Crippen LogP) is 11.3. The van der Waals surface area contributed by atoms with E-state index in [1.165, 1.54) is 21.9 Å². The molecule has 9 rings (SSSR count). The van der Waals surface area contributed by atoms with Gasteiger partial charge in [-0.05, 0) is 82.4 Å². The minimum Gasteiger partial charge on any atom is -0.293 e. The number of para-hydroxylation sites is 1. The SMILES string of the molecule is c1ccc(-c2cc(-c3cccc(-c4cccnc4)n3)nc(-n3c4ccccc4c4cc(-c5ccccc5)cc(-c5ccccc5)c43)c2)cc1. The fourth-order valence-corrected chi connectivity index (χ4v) is 6.78. The van der Waals surface area contributed by atoms with Crippen molar-refractivity contribution in [2.45, 2.75) is 0 Å². The molecule has 0 aliphatic heterocycles. The Bertz CT molecular complexity index is 2580. The minimum absolute atomic E-state index is 0.801. The van der Waals surface area contributed by atoms with Gasteiger partial charge in [-0.3, -0.25) is 9.55 Å². The fraction of sp³-hybridized carbons (Fsp3) is 0. The van der Waals surface area contributed by atoms with Crippen LogP contribution < -0.4 is 0 Å². The lowest BCUT2D eigenvalue weighted by Gasteiger charge is -2.15. The van der Waals surface area contributed by atoms with Crippen LogP contribution in [0.2, 0.25) is 0 Å². The van der Waals surface area contributed by atoms with Crippen molar-refractivity contribution < 1.29 is 0 Å². The van der Waals surface area contributed by atoms with Crippen LogP contribution in [0, 0.1) is 0 Å². The minimum atomic E-state index is 0.801. The molecular weight excluding hydrogens is 597 g/mol. The Morgan fingerprint density at radius 2 is 1.02 bits per heavy atom. The van der Waals surface area contributed by atoms with E-state index in [1.54, 1.807) is 6.20 Å². The highest BCUT2D eigenvalue weighted by molar-refractivity contribution is 6.15. The fourth-order valence-electron chi connectivity index (χ4n) is 6.78. The van der Waals surface area contributed by atoms with Gasteiger partial charge in [0.2, 0.25) is 0 Å². The summed E-state index contributed by atoms with van der Waals surface area (Å²) in [6, 6.07) is 59.5. The third-order valence-electron chi connectivity index (χ3n) is 9.08. The summed E-state index contributed by atoms with van der Waals surface area (Å²) >= 11 is 0. The van der Waals surface area contributed by atoms with Gasteiger partial charge in [-0.2, -0.15) is 0 Å². The van der Waals surface area contributed by atoms with Crippen molar-refractivity contribution in [3.63, 3.8) is 0 Å². The van der Waals surface area contributed by atoms with Crippen molar-refractivity contribution in [3.05, 3.63) is 182 Å². The third-order valence-corrected chi connectivity index (χ3v) is 9.08. The molecule has 0 amide bonds. The monoisotopic (exact) mass is 626 g/mol. The first-order valence-electron chi connectivity index (χ1n) is 16.4. The molecule has 4 nitrogen and oxygen atoms in total. The second-order valence-electron chi connectivity index (χ2n) is 12.1. The van der Waals surface area contributed by atoms with Crippen molar-refractivity contribution in [2.24, 2.45) is 0 Å². The molecule has 49 heavy (non-hydrogen) atoms. The van der Waals surface area contributed by atoms with Crippen molar-refractivity contribution in [1.29, 1.82) is 0 Å². The average Bonchev–Trinajstić information content (AvgIpc) is 3.53. The molecule has 0 saturated heterocycles. The average molecular weight is 627 g/mol. The maximum Gasteiger partial charge on any atom is 0.139 e. The Hall–Kier alpha value is -6.65. The molecule has 0 N–H and O–H groups in total. The normalized spacial score (nSPS) is 11.3. The second-order valence-corrected chi connectivity index (χ2v) is 12.1. The molecule has 0 aliphatic rings. The van der Waals surface area contributed by atoms with E-state index in [2.05, 4.69) is 149 Å². The maximum absolute atomic E-state index is 5.41. The molecule has 0 unspecified atom stereocenters. The lowest BCUT2D eigenvalue weighted by molar-refractivity contribution is 1.08. The van der Waals surface area contributed by atoms with Crippen LogP contribution in [-0.2, 0) is 0 Å². The van der Waals surface area contributed by atoms with E-state index in [-0.39, 0.29) is 0 Å². The Balaban J connectivity index is 1.36. The molecule has 0 radical (unpaired) electrons. The lowest BCUT2D eigenvalue weighted by atomic mass is 9.95. The molecule has 230 valence electrons. The van der Waals surface area contributed by atoms with Crippen molar-refractivity contribution in [1.82, 2.24) is 19.5 Å². The van der Waals surface area contributed by atoms with Gasteiger partial charge in [0.15, 0.2) is 0 Å². The largest absolute Gasteiger partial charge is 0.293 e. The van der Waals surface area contributed by atoms with E-state index in [0.717, 1.165) is 61.8 Å². The van der Waals surface area contributed by atoms with Gasteiger partial charge in [-0.1, -0.05) is 115 Å². The number of nitrogens with zero attached hydrogens (tertiary/aromatic N) is 4. The zero-order valence-electron chi connectivity index (χ0n) is 26.6. The van der Waals surface area contributed by atoms with Gasteiger partial charge in [0.1, 0.15) is 5.82 Å². The number of fused-ring (bicyclic) bond motifs is 3. The molecular formula is C45H30N4. The van der Waals surface area contributed by atoms with Crippen LogP contribution in [0.3, 0.4) is 0 Å². The molecule has 0 saturated carbocycles. The molecule has 4 aromatic heterocycles. The van der Waals surface area contributed by atoms with Crippen molar-refractivity contribution >= 4 is 21.8 Å². The summed E-state index contributed by atoms with van der Waals surface area (Å²) < 4.78 is 2.34. The zero-order valence-corrected chi connectivity index (χ0v) is 26.6. The summed E-state index contributed by atoms with van der Waals surface area (Å²) in [5.74, 6) is 0.834. The summed E-state index contributed by atoms with van der Waals surface area (Å²) in [5, 5.41) is 2.36. The maximum atomic E-state index is 5.41. The van der Waals surface area contributed by atoms with Gasteiger partial charge in [-0.25, -0.2) is 9.97 Å². The first-order valence-corrected chi connectivity index (χ1v) is 16.4. The highest BCUT2D eigenvalue weighted by Gasteiger charge is 2.20. The van der Waals surface area contributed by atoms with Crippen LogP contribution in [0.4, 0.5) is 0 Å². The summed E-state index contributed by atoms with van der Waals surface area (Å²) in [6.45, 7) is 0. The number of hydrogen-bond acceptors (Lipinski definition) is 3. The Morgan fingerprint density at radius 1 is 0.388 bits per heavy atom. The first-order chi connectivity index (χ1) is 24.3. The summed E-state index contributed by atoms with van der Waals surface area (Å²) in [6.07, 6.45) is 3.63. The molecule has 0 fully saturated rings. The summed E-state index contributed by atoms with van der Waals surface area (Å²) in [5.41, 5.74) is 12.5. The van der Waals surface area contributed by atoms with E-state index in [1.807, 2.05) is 36.5 Å². The van der Waals surface area contributed by atoms with Gasteiger partial charge in [0.25, 0.3) is 0 Å². The molecule has 0 atom stereocenters. The quantitative estimate of drug-likeness (QED) is 0.184. The highest BCUT2D eigenvalue weighted by Crippen LogP contribution is 2.41. The molecule has 9 aromatic rings. The van der Waals surface area contributed by atoms with Gasteiger partial charge in [-0.15, -0.1) is 0 Å². The van der Waals surface area contributed by atoms with Crippen LogP contribution in [0.5, 0.6) is 0 Å². The lowest BCUT2D eigenvalue weighted by Crippen LogP contribution is -2.02. The predicted molar refractivity (Wildman–Crippen MR) is 201 cm³/mol. The van der Waals surface area contributed by atoms with E-state index < -0.39 is 0 Å². The second kappa shape index (κ2) is 12.2.